The molecule has 0 atom stereocenters. The second-order valence-corrected chi connectivity index (χ2v) is 4.32. The van der Waals surface area contributed by atoms with Crippen molar-refractivity contribution in [1.29, 1.82) is 0 Å². The van der Waals surface area contributed by atoms with Crippen LogP contribution in [0.1, 0.15) is 20.3 Å². The summed E-state index contributed by atoms with van der Waals surface area (Å²) in [6.45, 7) is 4.15. The standard InChI is InChI=1S/C10H20O4Si/c1-5-6-14-9(11)7(2)8(15)10(12-3)13-4/h10H,5-6H2,1-4,15H3. The SMILES string of the molecule is CCCOC(=O)C(C)=C([SiH3])C(OC)OC. The van der Waals surface area contributed by atoms with Crippen LogP contribution in [0.25, 0.3) is 0 Å². The van der Waals surface area contributed by atoms with Crippen LogP contribution in [0.3, 0.4) is 0 Å². The number of ether oxygens (including phenoxy) is 3. The van der Waals surface area contributed by atoms with E-state index >= 15 is 0 Å². The maximum atomic E-state index is 11.5. The van der Waals surface area contributed by atoms with Gasteiger partial charge in [-0.15, -0.1) is 0 Å². The van der Waals surface area contributed by atoms with Gasteiger partial charge in [0.25, 0.3) is 0 Å². The van der Waals surface area contributed by atoms with Crippen LogP contribution in [0, 0.1) is 0 Å². The maximum absolute atomic E-state index is 11.5. The highest BCUT2D eigenvalue weighted by Crippen LogP contribution is 2.10. The highest BCUT2D eigenvalue weighted by Gasteiger charge is 2.15. The molecule has 0 heterocycles. The molecule has 0 aromatic heterocycles. The van der Waals surface area contributed by atoms with E-state index in [4.69, 9.17) is 14.2 Å². The third kappa shape index (κ3) is 4.59. The lowest BCUT2D eigenvalue weighted by Crippen LogP contribution is -2.21. The zero-order chi connectivity index (χ0) is 11.8. The first-order chi connectivity index (χ1) is 7.08. The van der Waals surface area contributed by atoms with Gasteiger partial charge in [0.15, 0.2) is 6.29 Å². The van der Waals surface area contributed by atoms with E-state index in [-0.39, 0.29) is 5.97 Å². The van der Waals surface area contributed by atoms with Gasteiger partial charge >= 0.3 is 5.97 Å². The molecule has 0 radical (unpaired) electrons. The van der Waals surface area contributed by atoms with E-state index in [1.807, 2.05) is 6.92 Å². The third-order valence-corrected chi connectivity index (χ3v) is 3.34. The molecule has 0 amide bonds. The predicted octanol–water partition coefficient (Wildman–Crippen LogP) is 0.198. The minimum absolute atomic E-state index is 0.277. The van der Waals surface area contributed by atoms with E-state index in [0.29, 0.717) is 22.4 Å². The van der Waals surface area contributed by atoms with Crippen molar-refractivity contribution in [2.24, 2.45) is 0 Å². The van der Waals surface area contributed by atoms with E-state index in [9.17, 15) is 4.79 Å². The van der Waals surface area contributed by atoms with Crippen molar-refractivity contribution in [2.75, 3.05) is 20.8 Å². The maximum Gasteiger partial charge on any atom is 0.333 e. The Morgan fingerprint density at radius 3 is 2.27 bits per heavy atom. The average Bonchev–Trinajstić information content (AvgIpc) is 2.26. The van der Waals surface area contributed by atoms with Gasteiger partial charge < -0.3 is 14.2 Å². The van der Waals surface area contributed by atoms with E-state index < -0.39 is 6.29 Å². The number of hydrogen-bond acceptors (Lipinski definition) is 4. The molecule has 0 unspecified atom stereocenters. The first kappa shape index (κ1) is 14.3. The van der Waals surface area contributed by atoms with Crippen molar-refractivity contribution < 1.29 is 19.0 Å². The first-order valence-corrected chi connectivity index (χ1v) is 5.98. The van der Waals surface area contributed by atoms with Gasteiger partial charge in [-0.05, 0) is 18.5 Å². The molecule has 88 valence electrons. The van der Waals surface area contributed by atoms with Gasteiger partial charge in [-0.2, -0.15) is 0 Å². The van der Waals surface area contributed by atoms with Gasteiger partial charge in [-0.1, -0.05) is 6.92 Å². The van der Waals surface area contributed by atoms with Crippen molar-refractivity contribution in [3.63, 3.8) is 0 Å². The van der Waals surface area contributed by atoms with Gasteiger partial charge in [0.1, 0.15) is 0 Å². The molecule has 15 heavy (non-hydrogen) atoms. The quantitative estimate of drug-likeness (QED) is 0.284. The zero-order valence-corrected chi connectivity index (χ0v) is 12.1. The number of methoxy groups -OCH3 is 2. The number of rotatable bonds is 6. The fourth-order valence-corrected chi connectivity index (χ4v) is 1.77. The lowest BCUT2D eigenvalue weighted by atomic mass is 10.2. The second kappa shape index (κ2) is 7.61. The summed E-state index contributed by atoms with van der Waals surface area (Å²) in [6, 6.07) is 0. The third-order valence-electron chi connectivity index (χ3n) is 2.12. The van der Waals surface area contributed by atoms with Crippen molar-refractivity contribution in [1.82, 2.24) is 0 Å². The zero-order valence-electron chi connectivity index (χ0n) is 10.1. The predicted molar refractivity (Wildman–Crippen MR) is 61.7 cm³/mol. The molecule has 0 saturated heterocycles. The summed E-state index contributed by atoms with van der Waals surface area (Å²) >= 11 is 0. The Hall–Kier alpha value is -0.653. The van der Waals surface area contributed by atoms with E-state index in [1.165, 1.54) is 0 Å². The topological polar surface area (TPSA) is 44.8 Å². The molecule has 0 rings (SSSR count). The van der Waals surface area contributed by atoms with Gasteiger partial charge in [0.05, 0.1) is 6.61 Å². The summed E-state index contributed by atoms with van der Waals surface area (Å²) in [4.78, 5) is 11.5. The van der Waals surface area contributed by atoms with Crippen LogP contribution in [0.4, 0.5) is 0 Å². The van der Waals surface area contributed by atoms with E-state index in [1.54, 1.807) is 21.1 Å². The number of carbonyl (C=O) groups is 1. The summed E-state index contributed by atoms with van der Waals surface area (Å²) < 4.78 is 15.2. The highest BCUT2D eigenvalue weighted by molar-refractivity contribution is 6.24. The molecule has 0 aliphatic heterocycles. The molecule has 0 spiro atoms. The minimum atomic E-state index is -0.425. The normalized spacial score (nSPS) is 12.9. The van der Waals surface area contributed by atoms with Crippen molar-refractivity contribution >= 4 is 16.2 Å². The van der Waals surface area contributed by atoms with Crippen LogP contribution in [-0.2, 0) is 19.0 Å². The lowest BCUT2D eigenvalue weighted by molar-refractivity contribution is -0.139. The van der Waals surface area contributed by atoms with Crippen LogP contribution in [0.5, 0.6) is 0 Å². The van der Waals surface area contributed by atoms with Gasteiger partial charge in [-0.25, -0.2) is 4.79 Å². The van der Waals surface area contributed by atoms with Crippen molar-refractivity contribution in [3.05, 3.63) is 10.8 Å². The molecular formula is C10H20O4Si. The summed E-state index contributed by atoms with van der Waals surface area (Å²) in [5, 5.41) is 0.876. The fraction of sp³-hybridized carbons (Fsp3) is 0.700. The second-order valence-electron chi connectivity index (χ2n) is 3.25. The Kier molecular flexibility index (Phi) is 7.28. The Morgan fingerprint density at radius 1 is 1.33 bits per heavy atom. The fourth-order valence-electron chi connectivity index (χ4n) is 1.09. The van der Waals surface area contributed by atoms with Crippen molar-refractivity contribution in [2.45, 2.75) is 26.6 Å². The molecule has 0 aliphatic carbocycles. The van der Waals surface area contributed by atoms with Crippen LogP contribution >= 0.6 is 0 Å². The summed E-state index contributed by atoms with van der Waals surface area (Å²) in [6.07, 6.45) is 0.402. The van der Waals surface area contributed by atoms with E-state index in [2.05, 4.69) is 0 Å². The Balaban J connectivity index is 4.53. The van der Waals surface area contributed by atoms with Gasteiger partial charge in [0, 0.05) is 30.0 Å². The summed E-state index contributed by atoms with van der Waals surface area (Å²) in [7, 11) is 3.82. The monoisotopic (exact) mass is 232 g/mol. The van der Waals surface area contributed by atoms with E-state index in [0.717, 1.165) is 11.6 Å². The summed E-state index contributed by atoms with van der Waals surface area (Å²) in [5.74, 6) is -0.277. The smallest absolute Gasteiger partial charge is 0.333 e. The Morgan fingerprint density at radius 2 is 1.87 bits per heavy atom. The molecule has 0 aliphatic rings. The Labute approximate surface area is 94.0 Å². The molecular weight excluding hydrogens is 212 g/mol. The first-order valence-electron chi connectivity index (χ1n) is 4.98. The molecule has 5 heteroatoms. The summed E-state index contributed by atoms with van der Waals surface area (Å²) in [5.41, 5.74) is 0.601. The minimum Gasteiger partial charge on any atom is -0.462 e. The van der Waals surface area contributed by atoms with Crippen LogP contribution < -0.4 is 0 Å². The Bertz CT molecular complexity index is 234. The number of esters is 1. The molecule has 0 bridgehead atoms. The highest BCUT2D eigenvalue weighted by atomic mass is 28.1. The largest absolute Gasteiger partial charge is 0.462 e. The number of hydrogen-bond donors (Lipinski definition) is 0. The molecule has 0 saturated carbocycles. The van der Waals surface area contributed by atoms with Gasteiger partial charge in [-0.3, -0.25) is 0 Å². The number of carbonyl (C=O) groups excluding carboxylic acids is 1. The van der Waals surface area contributed by atoms with Crippen LogP contribution in [0.2, 0.25) is 0 Å². The van der Waals surface area contributed by atoms with Gasteiger partial charge in [0.2, 0.25) is 0 Å². The molecule has 0 N–H and O–H groups in total. The molecule has 0 aromatic rings. The molecule has 4 nitrogen and oxygen atoms in total. The average molecular weight is 232 g/mol. The van der Waals surface area contributed by atoms with Crippen LogP contribution in [-0.4, -0.2) is 43.3 Å². The molecule has 0 fully saturated rings. The van der Waals surface area contributed by atoms with Crippen molar-refractivity contribution in [3.8, 4) is 0 Å². The lowest BCUT2D eigenvalue weighted by Gasteiger charge is -2.16. The van der Waals surface area contributed by atoms with Crippen LogP contribution in [0.15, 0.2) is 10.8 Å². The molecule has 0 aromatic carbocycles.